The molecule has 1 aromatic heterocycles. The number of carbonyl (C=O) groups is 3. The summed E-state index contributed by atoms with van der Waals surface area (Å²) in [5, 5.41) is 18.0. The Morgan fingerprint density at radius 1 is 0.676 bits per heavy atom. The molecule has 2 N–H and O–H groups in total. The van der Waals surface area contributed by atoms with Gasteiger partial charge in [-0.3, -0.25) is 14.4 Å². The molecule has 0 aliphatic rings. The minimum absolute atomic E-state index is 0.0504. The zero-order valence-electron chi connectivity index (χ0n) is 21.8. The summed E-state index contributed by atoms with van der Waals surface area (Å²) in [7, 11) is 0. The number of rotatable bonds is 21. The molecular formula is C28H47NO5. The topological polar surface area (TPSA) is 96.6 Å². The Balaban J connectivity index is 2.65. The highest BCUT2D eigenvalue weighted by molar-refractivity contribution is 5.99. The Morgan fingerprint density at radius 3 is 1.74 bits per heavy atom. The zero-order valence-corrected chi connectivity index (χ0v) is 21.8. The van der Waals surface area contributed by atoms with Crippen LogP contribution in [-0.4, -0.2) is 32.5 Å². The molecule has 194 valence electrons. The Labute approximate surface area is 206 Å². The van der Waals surface area contributed by atoms with E-state index in [9.17, 15) is 19.5 Å². The lowest BCUT2D eigenvalue weighted by molar-refractivity contribution is -0.138. The monoisotopic (exact) mass is 477 g/mol. The lowest BCUT2D eigenvalue weighted by Crippen LogP contribution is -2.08. The number of carbonyl (C=O) groups excluding carboxylic acids is 1. The Morgan fingerprint density at radius 2 is 1.18 bits per heavy atom. The molecule has 0 atom stereocenters. The van der Waals surface area contributed by atoms with Gasteiger partial charge in [-0.2, -0.15) is 0 Å². The maximum Gasteiger partial charge on any atom is 0.303 e. The van der Waals surface area contributed by atoms with Crippen molar-refractivity contribution in [2.75, 3.05) is 0 Å². The van der Waals surface area contributed by atoms with E-state index in [-0.39, 0.29) is 18.6 Å². The molecule has 0 fully saturated rings. The fraction of sp³-hybridized carbons (Fsp3) is 0.750. The van der Waals surface area contributed by atoms with E-state index in [1.54, 1.807) is 0 Å². The molecule has 0 aromatic carbocycles. The maximum absolute atomic E-state index is 13.1. The van der Waals surface area contributed by atoms with Crippen LogP contribution in [0.1, 0.15) is 137 Å². The van der Waals surface area contributed by atoms with E-state index in [1.165, 1.54) is 44.9 Å². The van der Waals surface area contributed by atoms with Gasteiger partial charge in [0.2, 0.25) is 0 Å². The molecule has 34 heavy (non-hydrogen) atoms. The van der Waals surface area contributed by atoms with Crippen LogP contribution in [0.25, 0.3) is 0 Å². The van der Waals surface area contributed by atoms with Crippen molar-refractivity contribution in [2.24, 2.45) is 0 Å². The van der Waals surface area contributed by atoms with Crippen molar-refractivity contribution in [2.45, 2.75) is 136 Å². The quantitative estimate of drug-likeness (QED) is 0.143. The van der Waals surface area contributed by atoms with Crippen molar-refractivity contribution in [3.05, 3.63) is 22.5 Å². The van der Waals surface area contributed by atoms with E-state index in [2.05, 4.69) is 11.5 Å². The summed E-state index contributed by atoms with van der Waals surface area (Å²) in [6, 6.07) is 0. The molecule has 0 aliphatic carbocycles. The summed E-state index contributed by atoms with van der Waals surface area (Å²) < 4.78 is 2.14. The van der Waals surface area contributed by atoms with E-state index in [1.807, 2.05) is 13.8 Å². The summed E-state index contributed by atoms with van der Waals surface area (Å²) in [6.07, 6.45) is 15.5. The highest BCUT2D eigenvalue weighted by atomic mass is 16.4. The Kier molecular flexibility index (Phi) is 15.3. The number of Topliss-reactive ketones (excluding diaryl/α,β-unsaturated/α-hetero) is 1. The van der Waals surface area contributed by atoms with E-state index >= 15 is 0 Å². The fourth-order valence-electron chi connectivity index (χ4n) is 4.84. The van der Waals surface area contributed by atoms with Gasteiger partial charge in [0, 0.05) is 36.3 Å². The van der Waals surface area contributed by atoms with E-state index in [0.717, 1.165) is 61.2 Å². The molecule has 6 nitrogen and oxygen atoms in total. The second-order valence-corrected chi connectivity index (χ2v) is 9.64. The van der Waals surface area contributed by atoms with Gasteiger partial charge in [0.15, 0.2) is 5.78 Å². The second kappa shape index (κ2) is 17.3. The molecule has 0 unspecified atom stereocenters. The van der Waals surface area contributed by atoms with Gasteiger partial charge in [-0.05, 0) is 45.1 Å². The minimum Gasteiger partial charge on any atom is -0.481 e. The first kappa shape index (κ1) is 29.9. The van der Waals surface area contributed by atoms with Gasteiger partial charge in [-0.15, -0.1) is 0 Å². The van der Waals surface area contributed by atoms with E-state index in [0.29, 0.717) is 19.3 Å². The summed E-state index contributed by atoms with van der Waals surface area (Å²) >= 11 is 0. The van der Waals surface area contributed by atoms with Crippen LogP contribution < -0.4 is 0 Å². The Hall–Kier alpha value is -2.11. The summed E-state index contributed by atoms with van der Waals surface area (Å²) in [4.78, 5) is 34.9. The number of carboxylic acids is 2. The zero-order chi connectivity index (χ0) is 25.3. The highest BCUT2D eigenvalue weighted by Crippen LogP contribution is 2.26. The van der Waals surface area contributed by atoms with Crippen LogP contribution in [0, 0.1) is 13.8 Å². The van der Waals surface area contributed by atoms with E-state index in [4.69, 9.17) is 5.11 Å². The maximum atomic E-state index is 13.1. The van der Waals surface area contributed by atoms with Crippen LogP contribution in [0.3, 0.4) is 0 Å². The number of nitrogens with zero attached hydrogens (tertiary/aromatic N) is 1. The molecule has 1 heterocycles. The van der Waals surface area contributed by atoms with E-state index < -0.39 is 11.9 Å². The second-order valence-electron chi connectivity index (χ2n) is 9.64. The average molecular weight is 478 g/mol. The molecule has 1 rings (SSSR count). The van der Waals surface area contributed by atoms with Crippen molar-refractivity contribution in [3.8, 4) is 0 Å². The van der Waals surface area contributed by atoms with Crippen LogP contribution in [0.2, 0.25) is 0 Å². The molecule has 0 bridgehead atoms. The normalized spacial score (nSPS) is 11.1. The predicted molar refractivity (Wildman–Crippen MR) is 137 cm³/mol. The first-order chi connectivity index (χ1) is 16.3. The van der Waals surface area contributed by atoms with Gasteiger partial charge in [0.25, 0.3) is 0 Å². The van der Waals surface area contributed by atoms with Crippen LogP contribution in [0.4, 0.5) is 0 Å². The largest absolute Gasteiger partial charge is 0.481 e. The van der Waals surface area contributed by atoms with Gasteiger partial charge in [-0.1, -0.05) is 71.1 Å². The SMILES string of the molecule is CCCCCCCCCCCC(=O)c1c(C)c(CCC(=O)O)n(CCCCCCC(=O)O)c1C. The number of carboxylic acid groups (broad SMARTS) is 2. The third-order valence-corrected chi connectivity index (χ3v) is 6.78. The Bertz CT molecular complexity index is 765. The molecule has 6 heteroatoms. The van der Waals surface area contributed by atoms with Gasteiger partial charge in [0.05, 0.1) is 6.42 Å². The average Bonchev–Trinajstić information content (AvgIpc) is 3.02. The van der Waals surface area contributed by atoms with Crippen molar-refractivity contribution in [1.29, 1.82) is 0 Å². The number of ketones is 1. The van der Waals surface area contributed by atoms with Gasteiger partial charge < -0.3 is 14.8 Å². The highest BCUT2D eigenvalue weighted by Gasteiger charge is 2.22. The number of unbranched alkanes of at least 4 members (excludes halogenated alkanes) is 11. The number of hydrogen-bond donors (Lipinski definition) is 2. The van der Waals surface area contributed by atoms with Crippen molar-refractivity contribution in [3.63, 3.8) is 0 Å². The van der Waals surface area contributed by atoms with Crippen LogP contribution in [-0.2, 0) is 22.6 Å². The lowest BCUT2D eigenvalue weighted by atomic mass is 9.99. The lowest BCUT2D eigenvalue weighted by Gasteiger charge is -2.12. The van der Waals surface area contributed by atoms with Crippen LogP contribution in [0.5, 0.6) is 0 Å². The first-order valence-corrected chi connectivity index (χ1v) is 13.4. The van der Waals surface area contributed by atoms with Gasteiger partial charge in [0.1, 0.15) is 0 Å². The number of aliphatic carboxylic acids is 2. The van der Waals surface area contributed by atoms with Crippen molar-refractivity contribution in [1.82, 2.24) is 4.57 Å². The molecular weight excluding hydrogens is 430 g/mol. The molecule has 0 aliphatic heterocycles. The first-order valence-electron chi connectivity index (χ1n) is 13.4. The third-order valence-electron chi connectivity index (χ3n) is 6.78. The molecule has 0 saturated heterocycles. The van der Waals surface area contributed by atoms with Crippen molar-refractivity contribution >= 4 is 17.7 Å². The van der Waals surface area contributed by atoms with Crippen molar-refractivity contribution < 1.29 is 24.6 Å². The number of hydrogen-bond acceptors (Lipinski definition) is 3. The third kappa shape index (κ3) is 11.3. The van der Waals surface area contributed by atoms with Crippen LogP contribution in [0.15, 0.2) is 0 Å². The molecule has 0 radical (unpaired) electrons. The summed E-state index contributed by atoms with van der Waals surface area (Å²) in [5.41, 5.74) is 3.63. The fourth-order valence-corrected chi connectivity index (χ4v) is 4.84. The standard InChI is InChI=1S/C28H47NO5/c1-4-5-6-7-8-9-10-11-14-17-25(30)28-22(2)24(19-20-27(33)34)29(23(28)3)21-16-13-12-15-18-26(31)32/h4-21H2,1-3H3,(H,31,32)(H,33,34). The summed E-state index contributed by atoms with van der Waals surface area (Å²) in [5.74, 6) is -1.42. The van der Waals surface area contributed by atoms with Gasteiger partial charge >= 0.3 is 11.9 Å². The van der Waals surface area contributed by atoms with Gasteiger partial charge in [-0.25, -0.2) is 0 Å². The smallest absolute Gasteiger partial charge is 0.303 e. The molecule has 0 spiro atoms. The molecule has 1 aromatic rings. The predicted octanol–water partition coefficient (Wildman–Crippen LogP) is 7.26. The molecule has 0 saturated carbocycles. The number of aromatic nitrogens is 1. The van der Waals surface area contributed by atoms with Crippen LogP contribution >= 0.6 is 0 Å². The minimum atomic E-state index is -0.832. The molecule has 0 amide bonds. The summed E-state index contributed by atoms with van der Waals surface area (Å²) in [6.45, 7) is 6.90.